The van der Waals surface area contributed by atoms with Crippen LogP contribution < -0.4 is 21.1 Å². The van der Waals surface area contributed by atoms with Gasteiger partial charge in [0.2, 0.25) is 5.88 Å². The van der Waals surface area contributed by atoms with Crippen LogP contribution in [0.15, 0.2) is 12.1 Å². The molecule has 32 heavy (non-hydrogen) atoms. The molecule has 13 heteroatoms. The molecule has 2 rings (SSSR count). The Balaban J connectivity index is 1.94. The maximum atomic E-state index is 14.0. The van der Waals surface area contributed by atoms with Crippen molar-refractivity contribution in [3.63, 3.8) is 0 Å². The van der Waals surface area contributed by atoms with E-state index in [0.29, 0.717) is 31.5 Å². The number of aliphatic hydroxyl groups excluding tert-OH is 2. The Hall–Kier alpha value is -2.87. The lowest BCUT2D eigenvalue weighted by Gasteiger charge is -2.15. The largest absolute Gasteiger partial charge is 0.471 e. The van der Waals surface area contributed by atoms with Gasteiger partial charge in [-0.05, 0) is 49.0 Å². The highest BCUT2D eigenvalue weighted by molar-refractivity contribution is 7.11. The van der Waals surface area contributed by atoms with Crippen LogP contribution in [0.5, 0.6) is 5.88 Å². The third-order valence-corrected chi connectivity index (χ3v) is 5.11. The summed E-state index contributed by atoms with van der Waals surface area (Å²) < 4.78 is 37.2. The number of urea groups is 1. The number of aromatic nitrogens is 1. The number of primary amides is 1. The molecular weight excluding hydrogens is 448 g/mol. The number of carbonyl (C=O) groups is 2. The van der Waals surface area contributed by atoms with Gasteiger partial charge in [0.15, 0.2) is 0 Å². The first kappa shape index (κ1) is 25.4. The van der Waals surface area contributed by atoms with E-state index in [0.717, 1.165) is 23.7 Å². The molecule has 0 fully saturated rings. The van der Waals surface area contributed by atoms with Crippen molar-refractivity contribution in [3.05, 3.63) is 40.5 Å². The second kappa shape index (κ2) is 12.2. The van der Waals surface area contributed by atoms with Gasteiger partial charge in [-0.1, -0.05) is 0 Å². The fourth-order valence-corrected chi connectivity index (χ4v) is 3.42. The summed E-state index contributed by atoms with van der Waals surface area (Å²) in [5.74, 6) is -2.76. The highest BCUT2D eigenvalue weighted by Gasteiger charge is 2.23. The summed E-state index contributed by atoms with van der Waals surface area (Å²) in [4.78, 5) is 25.3. The number of benzene rings is 1. The monoisotopic (exact) mass is 473 g/mol. The van der Waals surface area contributed by atoms with Crippen LogP contribution in [0.4, 0.5) is 18.6 Å². The maximum Gasteiger partial charge on any atom is 0.319 e. The number of carbonyl (C=O) groups excluding carboxylic acids is 2. The summed E-state index contributed by atoms with van der Waals surface area (Å²) in [6, 6.07) is 1.69. The summed E-state index contributed by atoms with van der Waals surface area (Å²) in [7, 11) is 0. The number of nitrogens with one attached hydrogen (secondary N) is 2. The highest BCUT2D eigenvalue weighted by Crippen LogP contribution is 2.31. The maximum absolute atomic E-state index is 14.0. The van der Waals surface area contributed by atoms with Crippen molar-refractivity contribution in [1.29, 1.82) is 0 Å². The number of ether oxygens (including phenoxy) is 1. The van der Waals surface area contributed by atoms with E-state index < -0.39 is 30.2 Å². The van der Waals surface area contributed by atoms with E-state index in [-0.39, 0.29) is 35.5 Å². The summed E-state index contributed by atoms with van der Waals surface area (Å²) in [6.07, 6.45) is 1.20. The van der Waals surface area contributed by atoms with E-state index in [1.807, 2.05) is 0 Å². The third-order valence-electron chi connectivity index (χ3n) is 4.36. The van der Waals surface area contributed by atoms with Gasteiger partial charge in [0, 0.05) is 13.1 Å². The molecule has 0 atom stereocenters. The number of anilines is 1. The fraction of sp³-hybridized carbons (Fsp3) is 0.421. The van der Waals surface area contributed by atoms with Gasteiger partial charge in [0.25, 0.3) is 5.91 Å². The SMILES string of the molecule is Cc1cc(F)c(COc2nsc(NC(=O)NCCCCN(CO)CO)c2C(N)=O)c(F)c1. The van der Waals surface area contributed by atoms with Crippen molar-refractivity contribution in [3.8, 4) is 5.88 Å². The van der Waals surface area contributed by atoms with Crippen LogP contribution >= 0.6 is 11.5 Å². The molecule has 0 saturated heterocycles. The number of rotatable bonds is 12. The van der Waals surface area contributed by atoms with Crippen molar-refractivity contribution >= 4 is 28.5 Å². The van der Waals surface area contributed by atoms with Crippen molar-refractivity contribution in [2.24, 2.45) is 5.73 Å². The quantitative estimate of drug-likeness (QED) is 0.232. The molecule has 0 aliphatic heterocycles. The minimum Gasteiger partial charge on any atom is -0.471 e. The van der Waals surface area contributed by atoms with Crippen LogP contribution in [0, 0.1) is 18.6 Å². The van der Waals surface area contributed by atoms with Crippen LogP contribution in [0.1, 0.15) is 34.3 Å². The summed E-state index contributed by atoms with van der Waals surface area (Å²) in [5, 5.41) is 23.0. The Morgan fingerprint density at radius 1 is 1.22 bits per heavy atom. The van der Waals surface area contributed by atoms with E-state index in [9.17, 15) is 18.4 Å². The van der Waals surface area contributed by atoms with E-state index in [1.54, 1.807) is 6.92 Å². The molecule has 1 aromatic heterocycles. The molecule has 6 N–H and O–H groups in total. The zero-order valence-corrected chi connectivity index (χ0v) is 18.2. The van der Waals surface area contributed by atoms with Crippen LogP contribution in [0.25, 0.3) is 0 Å². The Kier molecular flexibility index (Phi) is 9.71. The Labute approximate surface area is 187 Å². The number of halogens is 2. The molecule has 1 aromatic carbocycles. The molecule has 0 saturated carbocycles. The number of unbranched alkanes of at least 4 members (excludes halogenated alkanes) is 1. The average molecular weight is 474 g/mol. The minimum atomic E-state index is -0.929. The van der Waals surface area contributed by atoms with Gasteiger partial charge in [0.05, 0.1) is 19.0 Å². The number of aliphatic hydroxyl groups is 2. The first-order valence-corrected chi connectivity index (χ1v) is 10.4. The molecule has 0 bridgehead atoms. The Morgan fingerprint density at radius 2 is 1.88 bits per heavy atom. The molecule has 2 aromatic rings. The molecule has 0 radical (unpaired) electrons. The van der Waals surface area contributed by atoms with Crippen LogP contribution in [-0.2, 0) is 6.61 Å². The average Bonchev–Trinajstić information content (AvgIpc) is 3.12. The van der Waals surface area contributed by atoms with E-state index in [2.05, 4.69) is 15.0 Å². The normalized spacial score (nSPS) is 10.9. The van der Waals surface area contributed by atoms with Crippen molar-refractivity contribution < 1.29 is 33.3 Å². The number of amides is 3. The molecule has 1 heterocycles. The second-order valence-corrected chi connectivity index (χ2v) is 7.59. The first-order valence-electron chi connectivity index (χ1n) is 9.62. The van der Waals surface area contributed by atoms with Crippen LogP contribution in [0.3, 0.4) is 0 Å². The zero-order valence-electron chi connectivity index (χ0n) is 17.4. The third kappa shape index (κ3) is 7.09. The number of nitrogens with zero attached hydrogens (tertiary/aromatic N) is 2. The van der Waals surface area contributed by atoms with Crippen molar-refractivity contribution in [2.75, 3.05) is 31.9 Å². The zero-order chi connectivity index (χ0) is 23.7. The van der Waals surface area contributed by atoms with Crippen molar-refractivity contribution in [1.82, 2.24) is 14.6 Å². The van der Waals surface area contributed by atoms with Gasteiger partial charge in [-0.3, -0.25) is 15.0 Å². The fourth-order valence-electron chi connectivity index (χ4n) is 2.68. The predicted molar refractivity (Wildman–Crippen MR) is 113 cm³/mol. The number of hydrogen-bond donors (Lipinski definition) is 5. The number of aryl methyl sites for hydroxylation is 1. The smallest absolute Gasteiger partial charge is 0.319 e. The van der Waals surface area contributed by atoms with Gasteiger partial charge in [-0.15, -0.1) is 0 Å². The lowest BCUT2D eigenvalue weighted by atomic mass is 10.1. The van der Waals surface area contributed by atoms with E-state index >= 15 is 0 Å². The number of nitrogens with two attached hydrogens (primary N) is 1. The van der Waals surface area contributed by atoms with Gasteiger partial charge in [0.1, 0.15) is 28.8 Å². The molecule has 0 unspecified atom stereocenters. The molecule has 0 spiro atoms. The van der Waals surface area contributed by atoms with Gasteiger partial charge in [-0.2, -0.15) is 4.37 Å². The lowest BCUT2D eigenvalue weighted by Crippen LogP contribution is -2.31. The predicted octanol–water partition coefficient (Wildman–Crippen LogP) is 1.51. The van der Waals surface area contributed by atoms with Crippen molar-refractivity contribution in [2.45, 2.75) is 26.4 Å². The lowest BCUT2D eigenvalue weighted by molar-refractivity contribution is 0.0286. The molecular formula is C19H25F2N5O5S. The Morgan fingerprint density at radius 3 is 2.47 bits per heavy atom. The molecule has 0 aliphatic carbocycles. The highest BCUT2D eigenvalue weighted by atomic mass is 32.1. The Bertz CT molecular complexity index is 916. The van der Waals surface area contributed by atoms with Crippen LogP contribution in [-0.4, -0.2) is 58.0 Å². The summed E-state index contributed by atoms with van der Waals surface area (Å²) >= 11 is 0.735. The van der Waals surface area contributed by atoms with E-state index in [1.165, 1.54) is 4.90 Å². The summed E-state index contributed by atoms with van der Waals surface area (Å²) in [6.45, 7) is 1.26. The molecule has 10 nitrogen and oxygen atoms in total. The molecule has 0 aliphatic rings. The summed E-state index contributed by atoms with van der Waals surface area (Å²) in [5.41, 5.74) is 5.23. The second-order valence-electron chi connectivity index (χ2n) is 6.82. The topological polar surface area (TPSA) is 150 Å². The van der Waals surface area contributed by atoms with E-state index in [4.69, 9.17) is 20.7 Å². The standard InChI is InChI=1S/C19H25F2N5O5S/c1-11-6-13(20)12(14(21)7-11)8-31-17-15(16(22)29)18(32-25-17)24-19(30)23-4-2-3-5-26(9-27)10-28/h6-7,27-28H,2-5,8-10H2,1H3,(H2,22,29)(H2,23,24,30). The number of hydrogen-bond acceptors (Lipinski definition) is 8. The molecule has 176 valence electrons. The molecule has 3 amide bonds. The van der Waals surface area contributed by atoms with Gasteiger partial charge in [-0.25, -0.2) is 13.6 Å². The first-order chi connectivity index (χ1) is 15.3. The van der Waals surface area contributed by atoms with Gasteiger partial charge < -0.3 is 26.0 Å². The minimum absolute atomic E-state index is 0.0292. The van der Waals surface area contributed by atoms with Gasteiger partial charge >= 0.3 is 6.03 Å². The van der Waals surface area contributed by atoms with Crippen LogP contribution in [0.2, 0.25) is 0 Å².